The van der Waals surface area contributed by atoms with Gasteiger partial charge in [0.1, 0.15) is 0 Å². The van der Waals surface area contributed by atoms with Crippen LogP contribution in [0.5, 0.6) is 0 Å². The molecule has 0 spiro atoms. The Morgan fingerprint density at radius 2 is 1.88 bits per heavy atom. The first kappa shape index (κ1) is 13.9. The van der Waals surface area contributed by atoms with E-state index in [0.717, 1.165) is 12.8 Å². The van der Waals surface area contributed by atoms with Crippen LogP contribution >= 0.6 is 0 Å². The maximum atomic E-state index is 12.1. The topological polar surface area (TPSA) is 29.1 Å². The lowest BCUT2D eigenvalue weighted by Gasteiger charge is -2.27. The van der Waals surface area contributed by atoms with Gasteiger partial charge in [0.25, 0.3) is 0 Å². The standard InChI is InChI=1S/C12H16F3NO/c1-8(16-10(17)12(13,14)15)11(2,3)7-6-9-4-5-9/h8-9H,4-5H2,1-3H3,(H,16,17). The zero-order valence-corrected chi connectivity index (χ0v) is 10.1. The fraction of sp³-hybridized carbons (Fsp3) is 0.750. The van der Waals surface area contributed by atoms with Gasteiger partial charge in [-0.05, 0) is 33.6 Å². The van der Waals surface area contributed by atoms with Crippen molar-refractivity contribution in [2.45, 2.75) is 45.8 Å². The zero-order valence-electron chi connectivity index (χ0n) is 10.1. The highest BCUT2D eigenvalue weighted by Crippen LogP contribution is 2.29. The minimum Gasteiger partial charge on any atom is -0.344 e. The number of rotatable bonds is 2. The molecule has 1 atom stereocenters. The maximum Gasteiger partial charge on any atom is 0.471 e. The molecule has 5 heteroatoms. The summed E-state index contributed by atoms with van der Waals surface area (Å²) in [5.74, 6) is 4.43. The van der Waals surface area contributed by atoms with Crippen molar-refractivity contribution in [2.75, 3.05) is 0 Å². The molecule has 0 aliphatic heterocycles. The van der Waals surface area contributed by atoms with Gasteiger partial charge in [0.2, 0.25) is 0 Å². The van der Waals surface area contributed by atoms with Crippen LogP contribution in [0.25, 0.3) is 0 Å². The Morgan fingerprint density at radius 1 is 1.35 bits per heavy atom. The van der Waals surface area contributed by atoms with Crippen LogP contribution in [0, 0.1) is 23.2 Å². The van der Waals surface area contributed by atoms with Crippen molar-refractivity contribution >= 4 is 5.91 Å². The molecule has 0 radical (unpaired) electrons. The summed E-state index contributed by atoms with van der Waals surface area (Å²) in [6.45, 7) is 4.98. The van der Waals surface area contributed by atoms with Crippen molar-refractivity contribution in [3.63, 3.8) is 0 Å². The van der Waals surface area contributed by atoms with Crippen LogP contribution in [0.15, 0.2) is 0 Å². The van der Waals surface area contributed by atoms with Crippen LogP contribution in [0.1, 0.15) is 33.6 Å². The number of hydrogen-bond donors (Lipinski definition) is 1. The van der Waals surface area contributed by atoms with E-state index >= 15 is 0 Å². The minimum atomic E-state index is -4.84. The Bertz CT molecular complexity index is 358. The van der Waals surface area contributed by atoms with E-state index < -0.39 is 23.5 Å². The molecule has 0 bridgehead atoms. The molecule has 0 heterocycles. The molecule has 1 unspecified atom stereocenters. The van der Waals surface area contributed by atoms with E-state index in [1.54, 1.807) is 13.8 Å². The molecule has 1 saturated carbocycles. The summed E-state index contributed by atoms with van der Waals surface area (Å²) in [5, 5.41) is 1.94. The lowest BCUT2D eigenvalue weighted by Crippen LogP contribution is -2.47. The lowest BCUT2D eigenvalue weighted by molar-refractivity contribution is -0.174. The Hall–Kier alpha value is -1.18. The van der Waals surface area contributed by atoms with Gasteiger partial charge in [-0.3, -0.25) is 4.79 Å². The fourth-order valence-corrected chi connectivity index (χ4v) is 1.08. The average Bonchev–Trinajstić information content (AvgIpc) is 2.96. The second-order valence-corrected chi connectivity index (χ2v) is 4.96. The van der Waals surface area contributed by atoms with Gasteiger partial charge in [-0.2, -0.15) is 13.2 Å². The zero-order chi connectivity index (χ0) is 13.3. The Balaban J connectivity index is 2.59. The molecule has 2 nitrogen and oxygen atoms in total. The number of carbonyl (C=O) groups is 1. The van der Waals surface area contributed by atoms with Crippen LogP contribution in [0.3, 0.4) is 0 Å². The van der Waals surface area contributed by atoms with Crippen LogP contribution in [-0.4, -0.2) is 18.1 Å². The molecule has 0 aromatic carbocycles. The molecule has 96 valence electrons. The first-order valence-corrected chi connectivity index (χ1v) is 5.53. The van der Waals surface area contributed by atoms with Gasteiger partial charge >= 0.3 is 12.1 Å². The summed E-state index contributed by atoms with van der Waals surface area (Å²) >= 11 is 0. The van der Waals surface area contributed by atoms with Gasteiger partial charge in [0, 0.05) is 17.4 Å². The van der Waals surface area contributed by atoms with Crippen LogP contribution in [0.4, 0.5) is 13.2 Å². The Kier molecular flexibility index (Phi) is 3.75. The van der Waals surface area contributed by atoms with E-state index in [2.05, 4.69) is 11.8 Å². The van der Waals surface area contributed by atoms with Gasteiger partial charge in [0.15, 0.2) is 0 Å². The molecular formula is C12H16F3NO. The molecule has 1 amide bonds. The van der Waals surface area contributed by atoms with Gasteiger partial charge in [0.05, 0.1) is 0 Å². The molecule has 1 aliphatic carbocycles. The van der Waals surface area contributed by atoms with Crippen molar-refractivity contribution in [3.05, 3.63) is 0 Å². The molecule has 1 fully saturated rings. The van der Waals surface area contributed by atoms with E-state index in [9.17, 15) is 18.0 Å². The second kappa shape index (κ2) is 4.59. The molecule has 0 aromatic heterocycles. The molecular weight excluding hydrogens is 231 g/mol. The molecule has 1 N–H and O–H groups in total. The summed E-state index contributed by atoms with van der Waals surface area (Å²) in [4.78, 5) is 10.8. The van der Waals surface area contributed by atoms with E-state index in [1.165, 1.54) is 6.92 Å². The first-order chi connectivity index (χ1) is 7.63. The first-order valence-electron chi connectivity index (χ1n) is 5.53. The second-order valence-electron chi connectivity index (χ2n) is 4.96. The molecule has 0 aromatic rings. The van der Waals surface area contributed by atoms with Crippen molar-refractivity contribution in [1.82, 2.24) is 5.32 Å². The predicted octanol–water partition coefficient (Wildman–Crippen LogP) is 2.49. The number of halogens is 3. The van der Waals surface area contributed by atoms with Crippen LogP contribution in [-0.2, 0) is 4.79 Å². The minimum absolute atomic E-state index is 0.389. The SMILES string of the molecule is CC(NC(=O)C(F)(F)F)C(C)(C)C#CC1CC1. The van der Waals surface area contributed by atoms with Crippen LogP contribution in [0.2, 0.25) is 0 Å². The molecule has 0 saturated heterocycles. The molecule has 17 heavy (non-hydrogen) atoms. The summed E-state index contributed by atoms with van der Waals surface area (Å²) in [5.41, 5.74) is -0.663. The van der Waals surface area contributed by atoms with Crippen molar-refractivity contribution in [3.8, 4) is 11.8 Å². The number of amides is 1. The highest BCUT2D eigenvalue weighted by molar-refractivity contribution is 5.82. The Labute approximate surface area is 99.0 Å². The number of alkyl halides is 3. The third-order valence-electron chi connectivity index (χ3n) is 2.86. The van der Waals surface area contributed by atoms with Gasteiger partial charge < -0.3 is 5.32 Å². The van der Waals surface area contributed by atoms with E-state index in [0.29, 0.717) is 5.92 Å². The normalized spacial score (nSPS) is 18.0. The highest BCUT2D eigenvalue weighted by atomic mass is 19.4. The highest BCUT2D eigenvalue weighted by Gasteiger charge is 2.41. The number of hydrogen-bond acceptors (Lipinski definition) is 1. The quantitative estimate of drug-likeness (QED) is 0.746. The van der Waals surface area contributed by atoms with E-state index in [4.69, 9.17) is 0 Å². The van der Waals surface area contributed by atoms with Gasteiger partial charge in [-0.1, -0.05) is 11.8 Å². The number of carbonyl (C=O) groups excluding carboxylic acids is 1. The molecule has 1 rings (SSSR count). The predicted molar refractivity (Wildman–Crippen MR) is 57.9 cm³/mol. The summed E-state index contributed by atoms with van der Waals surface area (Å²) in [7, 11) is 0. The monoisotopic (exact) mass is 247 g/mol. The van der Waals surface area contributed by atoms with Gasteiger partial charge in [-0.15, -0.1) is 0 Å². The smallest absolute Gasteiger partial charge is 0.344 e. The van der Waals surface area contributed by atoms with Crippen molar-refractivity contribution in [1.29, 1.82) is 0 Å². The third-order valence-corrected chi connectivity index (χ3v) is 2.86. The van der Waals surface area contributed by atoms with E-state index in [-0.39, 0.29) is 0 Å². The Morgan fingerprint density at radius 3 is 2.29 bits per heavy atom. The largest absolute Gasteiger partial charge is 0.471 e. The van der Waals surface area contributed by atoms with Crippen LogP contribution < -0.4 is 5.32 Å². The third kappa shape index (κ3) is 4.29. The number of nitrogens with one attached hydrogen (secondary N) is 1. The molecule has 1 aliphatic rings. The van der Waals surface area contributed by atoms with E-state index in [1.807, 2.05) is 5.32 Å². The maximum absolute atomic E-state index is 12.1. The van der Waals surface area contributed by atoms with Crippen molar-refractivity contribution < 1.29 is 18.0 Å². The average molecular weight is 247 g/mol. The summed E-state index contributed by atoms with van der Waals surface area (Å²) in [6.07, 6.45) is -2.72. The lowest BCUT2D eigenvalue weighted by atomic mass is 9.86. The summed E-state index contributed by atoms with van der Waals surface area (Å²) < 4.78 is 36.2. The van der Waals surface area contributed by atoms with Crippen molar-refractivity contribution in [2.24, 2.45) is 11.3 Å². The summed E-state index contributed by atoms with van der Waals surface area (Å²) in [6, 6.07) is -0.650. The fourth-order valence-electron chi connectivity index (χ4n) is 1.08. The van der Waals surface area contributed by atoms with Gasteiger partial charge in [-0.25, -0.2) is 0 Å².